The van der Waals surface area contributed by atoms with Gasteiger partial charge in [-0.1, -0.05) is 6.07 Å². The van der Waals surface area contributed by atoms with Gasteiger partial charge in [-0.2, -0.15) is 0 Å². The van der Waals surface area contributed by atoms with E-state index in [1.807, 2.05) is 44.1 Å². The molecule has 0 amide bonds. The van der Waals surface area contributed by atoms with Crippen LogP contribution in [-0.4, -0.2) is 19.1 Å². The fourth-order valence-corrected chi connectivity index (χ4v) is 1.67. The van der Waals surface area contributed by atoms with Crippen LogP contribution < -0.4 is 4.90 Å². The van der Waals surface area contributed by atoms with E-state index in [4.69, 9.17) is 0 Å². The lowest BCUT2D eigenvalue weighted by molar-refractivity contribution is 0.629. The molecule has 0 aliphatic carbocycles. The zero-order chi connectivity index (χ0) is 12.4. The van der Waals surface area contributed by atoms with Crippen molar-refractivity contribution in [1.29, 1.82) is 0 Å². The summed E-state index contributed by atoms with van der Waals surface area (Å²) in [7, 11) is 3.90. The predicted octanol–water partition coefficient (Wildman–Crippen LogP) is 3.26. The molecule has 0 saturated carbocycles. The van der Waals surface area contributed by atoms with Crippen LogP contribution in [0.4, 0.5) is 10.1 Å². The zero-order valence-corrected chi connectivity index (χ0v) is 10.2. The molecule has 1 heterocycles. The van der Waals surface area contributed by atoms with Crippen molar-refractivity contribution in [2.24, 2.45) is 0 Å². The van der Waals surface area contributed by atoms with Crippen molar-refractivity contribution in [2.75, 3.05) is 19.0 Å². The maximum absolute atomic E-state index is 13.8. The van der Waals surface area contributed by atoms with Crippen LogP contribution in [0.15, 0.2) is 36.5 Å². The van der Waals surface area contributed by atoms with Crippen molar-refractivity contribution < 1.29 is 4.39 Å². The Hall–Kier alpha value is -1.90. The lowest BCUT2D eigenvalue weighted by Gasteiger charge is -2.13. The number of benzene rings is 1. The molecule has 0 aliphatic rings. The van der Waals surface area contributed by atoms with Gasteiger partial charge in [0.25, 0.3) is 0 Å². The average Bonchev–Trinajstić information content (AvgIpc) is 2.29. The highest BCUT2D eigenvalue weighted by atomic mass is 19.1. The topological polar surface area (TPSA) is 16.1 Å². The van der Waals surface area contributed by atoms with E-state index in [2.05, 4.69) is 4.98 Å². The summed E-state index contributed by atoms with van der Waals surface area (Å²) >= 11 is 0. The summed E-state index contributed by atoms with van der Waals surface area (Å²) in [5, 5.41) is 0. The molecule has 0 N–H and O–H groups in total. The number of aryl methyl sites for hydroxylation is 1. The van der Waals surface area contributed by atoms with Gasteiger partial charge in [0, 0.05) is 31.5 Å². The third-order valence-corrected chi connectivity index (χ3v) is 2.66. The number of halogens is 1. The number of hydrogen-bond donors (Lipinski definition) is 0. The van der Waals surface area contributed by atoms with Crippen molar-refractivity contribution in [3.05, 3.63) is 47.9 Å². The molecular weight excluding hydrogens is 215 g/mol. The van der Waals surface area contributed by atoms with Gasteiger partial charge in [-0.15, -0.1) is 0 Å². The first kappa shape index (κ1) is 11.6. The third kappa shape index (κ3) is 2.44. The van der Waals surface area contributed by atoms with Crippen LogP contribution in [-0.2, 0) is 0 Å². The normalized spacial score (nSPS) is 10.4. The summed E-state index contributed by atoms with van der Waals surface area (Å²) in [6, 6.07) is 8.97. The smallest absolute Gasteiger partial charge is 0.132 e. The molecule has 2 rings (SSSR count). The van der Waals surface area contributed by atoms with Gasteiger partial charge in [0.2, 0.25) is 0 Å². The second kappa shape index (κ2) is 4.53. The fourth-order valence-electron chi connectivity index (χ4n) is 1.67. The van der Waals surface area contributed by atoms with E-state index in [1.54, 1.807) is 12.3 Å². The van der Waals surface area contributed by atoms with Crippen molar-refractivity contribution in [2.45, 2.75) is 6.92 Å². The highest BCUT2D eigenvalue weighted by molar-refractivity contribution is 5.65. The molecule has 0 saturated heterocycles. The summed E-state index contributed by atoms with van der Waals surface area (Å²) < 4.78 is 13.8. The summed E-state index contributed by atoms with van der Waals surface area (Å²) in [6.07, 6.45) is 1.70. The Labute approximate surface area is 101 Å². The van der Waals surface area contributed by atoms with E-state index in [9.17, 15) is 4.39 Å². The minimum atomic E-state index is -0.228. The van der Waals surface area contributed by atoms with Crippen LogP contribution in [0, 0.1) is 12.7 Å². The molecule has 0 spiro atoms. The van der Waals surface area contributed by atoms with Crippen molar-refractivity contribution in [3.63, 3.8) is 0 Å². The average molecular weight is 230 g/mol. The predicted molar refractivity (Wildman–Crippen MR) is 68.7 cm³/mol. The van der Waals surface area contributed by atoms with E-state index in [0.717, 1.165) is 11.3 Å². The lowest BCUT2D eigenvalue weighted by atomic mass is 10.1. The molecule has 0 bridgehead atoms. The van der Waals surface area contributed by atoms with Crippen LogP contribution >= 0.6 is 0 Å². The molecule has 1 aromatic carbocycles. The largest absolute Gasteiger partial charge is 0.378 e. The number of nitrogens with zero attached hydrogens (tertiary/aromatic N) is 2. The first-order valence-electron chi connectivity index (χ1n) is 5.48. The SMILES string of the molecule is Cc1ccc(-c2cc(N(C)C)ccn2)c(F)c1. The van der Waals surface area contributed by atoms with Crippen LogP contribution in [0.25, 0.3) is 11.3 Å². The second-order valence-electron chi connectivity index (χ2n) is 4.28. The molecule has 17 heavy (non-hydrogen) atoms. The molecule has 0 fully saturated rings. The highest BCUT2D eigenvalue weighted by Crippen LogP contribution is 2.24. The molecule has 0 unspecified atom stereocenters. The Morgan fingerprint density at radius 3 is 2.53 bits per heavy atom. The van der Waals surface area contributed by atoms with Crippen LogP contribution in [0.3, 0.4) is 0 Å². The monoisotopic (exact) mass is 230 g/mol. The van der Waals surface area contributed by atoms with Crippen molar-refractivity contribution >= 4 is 5.69 Å². The molecule has 0 radical (unpaired) electrons. The van der Waals surface area contributed by atoms with Gasteiger partial charge in [-0.3, -0.25) is 4.98 Å². The molecule has 2 nitrogen and oxygen atoms in total. The fraction of sp³-hybridized carbons (Fsp3) is 0.214. The quantitative estimate of drug-likeness (QED) is 0.787. The summed E-state index contributed by atoms with van der Waals surface area (Å²) in [4.78, 5) is 6.19. The third-order valence-electron chi connectivity index (χ3n) is 2.66. The van der Waals surface area contributed by atoms with E-state index >= 15 is 0 Å². The number of rotatable bonds is 2. The van der Waals surface area contributed by atoms with Gasteiger partial charge in [0.05, 0.1) is 5.69 Å². The molecule has 1 aromatic heterocycles. The van der Waals surface area contributed by atoms with Gasteiger partial charge in [0.1, 0.15) is 5.82 Å². The van der Waals surface area contributed by atoms with Crippen molar-refractivity contribution in [1.82, 2.24) is 4.98 Å². The van der Waals surface area contributed by atoms with Gasteiger partial charge in [-0.25, -0.2) is 4.39 Å². The summed E-state index contributed by atoms with van der Waals surface area (Å²) in [5.41, 5.74) is 3.12. The molecule has 88 valence electrons. The Morgan fingerprint density at radius 2 is 1.88 bits per heavy atom. The zero-order valence-electron chi connectivity index (χ0n) is 10.2. The molecular formula is C14H15FN2. The van der Waals surface area contributed by atoms with E-state index < -0.39 is 0 Å². The van der Waals surface area contributed by atoms with Gasteiger partial charge in [0.15, 0.2) is 0 Å². The lowest BCUT2D eigenvalue weighted by Crippen LogP contribution is -2.08. The number of pyridine rings is 1. The first-order chi connectivity index (χ1) is 8.08. The second-order valence-corrected chi connectivity index (χ2v) is 4.28. The maximum atomic E-state index is 13.8. The minimum absolute atomic E-state index is 0.228. The summed E-state index contributed by atoms with van der Waals surface area (Å²) in [6.45, 7) is 1.87. The van der Waals surface area contributed by atoms with Crippen LogP contribution in [0.5, 0.6) is 0 Å². The Balaban J connectivity index is 2.49. The molecule has 0 atom stereocenters. The van der Waals surface area contributed by atoms with Gasteiger partial charge in [-0.05, 0) is 36.8 Å². The van der Waals surface area contributed by atoms with Gasteiger partial charge < -0.3 is 4.90 Å². The molecule has 2 aromatic rings. The van der Waals surface area contributed by atoms with Gasteiger partial charge >= 0.3 is 0 Å². The Kier molecular flexibility index (Phi) is 3.09. The molecule has 3 heteroatoms. The van der Waals surface area contributed by atoms with Crippen molar-refractivity contribution in [3.8, 4) is 11.3 Å². The number of hydrogen-bond acceptors (Lipinski definition) is 2. The highest BCUT2D eigenvalue weighted by Gasteiger charge is 2.07. The van der Waals surface area contributed by atoms with Crippen LogP contribution in [0.2, 0.25) is 0 Å². The standard InChI is InChI=1S/C14H15FN2/c1-10-4-5-12(13(15)8-10)14-9-11(17(2)3)6-7-16-14/h4-9H,1-3H3. The Bertz CT molecular complexity index is 535. The number of anilines is 1. The first-order valence-corrected chi connectivity index (χ1v) is 5.48. The minimum Gasteiger partial charge on any atom is -0.378 e. The van der Waals surface area contributed by atoms with E-state index in [-0.39, 0.29) is 5.82 Å². The van der Waals surface area contributed by atoms with E-state index in [1.165, 1.54) is 6.07 Å². The van der Waals surface area contributed by atoms with Crippen LogP contribution in [0.1, 0.15) is 5.56 Å². The summed E-state index contributed by atoms with van der Waals surface area (Å²) in [5.74, 6) is -0.228. The molecule has 0 aliphatic heterocycles. The number of aromatic nitrogens is 1. The van der Waals surface area contributed by atoms with E-state index in [0.29, 0.717) is 11.3 Å². The Morgan fingerprint density at radius 1 is 1.12 bits per heavy atom. The maximum Gasteiger partial charge on any atom is 0.132 e.